The standard InChI is InChI=1S/C15H23N3O2/c16-13(9-12-5-2-1-3-6-12)14(19)10-18-8-4-7-17-15(20)11-18/h1-3,5-6,13-14,19H,4,7-11,16H2,(H,17,20). The molecule has 110 valence electrons. The molecule has 1 aromatic rings. The van der Waals surface area contributed by atoms with Crippen LogP contribution < -0.4 is 11.1 Å². The van der Waals surface area contributed by atoms with Gasteiger partial charge in [0.15, 0.2) is 0 Å². The third-order valence-electron chi connectivity index (χ3n) is 3.59. The molecule has 1 aliphatic heterocycles. The van der Waals surface area contributed by atoms with E-state index in [1.165, 1.54) is 0 Å². The fourth-order valence-corrected chi connectivity index (χ4v) is 2.45. The van der Waals surface area contributed by atoms with E-state index in [0.29, 0.717) is 26.1 Å². The third kappa shape index (κ3) is 4.59. The minimum Gasteiger partial charge on any atom is -0.390 e. The Morgan fingerprint density at radius 3 is 2.85 bits per heavy atom. The zero-order chi connectivity index (χ0) is 14.4. The van der Waals surface area contributed by atoms with Gasteiger partial charge in [-0.2, -0.15) is 0 Å². The molecule has 1 aliphatic rings. The summed E-state index contributed by atoms with van der Waals surface area (Å²) in [6.07, 6.45) is 0.926. The lowest BCUT2D eigenvalue weighted by molar-refractivity contribution is -0.121. The van der Waals surface area contributed by atoms with E-state index in [2.05, 4.69) is 5.32 Å². The van der Waals surface area contributed by atoms with Gasteiger partial charge in [0.2, 0.25) is 5.91 Å². The molecule has 0 bridgehead atoms. The van der Waals surface area contributed by atoms with Gasteiger partial charge in [0, 0.05) is 25.7 Å². The van der Waals surface area contributed by atoms with Crippen molar-refractivity contribution in [3.05, 3.63) is 35.9 Å². The first-order valence-electron chi connectivity index (χ1n) is 7.12. The molecule has 2 atom stereocenters. The first kappa shape index (κ1) is 15.0. The second-order valence-corrected chi connectivity index (χ2v) is 5.36. The van der Waals surface area contributed by atoms with Crippen LogP contribution in [-0.4, -0.2) is 54.2 Å². The number of nitrogens with zero attached hydrogens (tertiary/aromatic N) is 1. The Morgan fingerprint density at radius 2 is 2.10 bits per heavy atom. The van der Waals surface area contributed by atoms with Crippen molar-refractivity contribution in [3.63, 3.8) is 0 Å². The maximum absolute atomic E-state index is 11.5. The predicted molar refractivity (Wildman–Crippen MR) is 78.2 cm³/mol. The molecule has 4 N–H and O–H groups in total. The number of aliphatic hydroxyl groups excluding tert-OH is 1. The fourth-order valence-electron chi connectivity index (χ4n) is 2.45. The van der Waals surface area contributed by atoms with Gasteiger partial charge < -0.3 is 16.2 Å². The first-order valence-corrected chi connectivity index (χ1v) is 7.12. The predicted octanol–water partition coefficient (Wildman–Crippen LogP) is -0.261. The second kappa shape index (κ2) is 7.38. The molecule has 0 aromatic heterocycles. The number of benzene rings is 1. The van der Waals surface area contributed by atoms with E-state index >= 15 is 0 Å². The van der Waals surface area contributed by atoms with Gasteiger partial charge in [-0.05, 0) is 18.4 Å². The van der Waals surface area contributed by atoms with Crippen molar-refractivity contribution in [2.75, 3.05) is 26.2 Å². The summed E-state index contributed by atoms with van der Waals surface area (Å²) in [5.41, 5.74) is 7.18. The van der Waals surface area contributed by atoms with Gasteiger partial charge in [-0.1, -0.05) is 30.3 Å². The summed E-state index contributed by atoms with van der Waals surface area (Å²) >= 11 is 0. The van der Waals surface area contributed by atoms with E-state index in [4.69, 9.17) is 5.73 Å². The Bertz CT molecular complexity index is 424. The number of aliphatic hydroxyl groups is 1. The monoisotopic (exact) mass is 277 g/mol. The van der Waals surface area contributed by atoms with Crippen LogP contribution in [0.3, 0.4) is 0 Å². The minimum absolute atomic E-state index is 0.0198. The van der Waals surface area contributed by atoms with E-state index in [0.717, 1.165) is 18.5 Å². The summed E-state index contributed by atoms with van der Waals surface area (Å²) in [7, 11) is 0. The van der Waals surface area contributed by atoms with Gasteiger partial charge in [-0.25, -0.2) is 0 Å². The number of carbonyl (C=O) groups excluding carboxylic acids is 1. The lowest BCUT2D eigenvalue weighted by Crippen LogP contribution is -2.46. The highest BCUT2D eigenvalue weighted by Crippen LogP contribution is 2.07. The van der Waals surface area contributed by atoms with Gasteiger partial charge in [0.1, 0.15) is 0 Å². The molecule has 5 heteroatoms. The van der Waals surface area contributed by atoms with Crippen molar-refractivity contribution in [1.82, 2.24) is 10.2 Å². The number of rotatable bonds is 5. The molecule has 2 unspecified atom stereocenters. The van der Waals surface area contributed by atoms with Crippen molar-refractivity contribution in [2.45, 2.75) is 25.0 Å². The molecule has 0 spiro atoms. The Hall–Kier alpha value is -1.43. The molecule has 2 rings (SSSR count). The van der Waals surface area contributed by atoms with Crippen LogP contribution >= 0.6 is 0 Å². The number of β-amino-alcohol motifs (C(OH)–C–C–N with tert-alkyl or cyclic N) is 1. The van der Waals surface area contributed by atoms with Crippen molar-refractivity contribution >= 4 is 5.91 Å². The Balaban J connectivity index is 1.83. The first-order chi connectivity index (χ1) is 9.65. The molecule has 1 heterocycles. The maximum atomic E-state index is 11.5. The van der Waals surface area contributed by atoms with Gasteiger partial charge in [-0.15, -0.1) is 0 Å². The quantitative estimate of drug-likeness (QED) is 0.693. The SMILES string of the molecule is NC(Cc1ccccc1)C(O)CN1CCCNC(=O)C1. The van der Waals surface area contributed by atoms with Crippen molar-refractivity contribution in [3.8, 4) is 0 Å². The molecular weight excluding hydrogens is 254 g/mol. The summed E-state index contributed by atoms with van der Waals surface area (Å²) in [4.78, 5) is 13.4. The smallest absolute Gasteiger partial charge is 0.234 e. The largest absolute Gasteiger partial charge is 0.390 e. The molecule has 5 nitrogen and oxygen atoms in total. The summed E-state index contributed by atoms with van der Waals surface area (Å²) in [5, 5.41) is 13.0. The van der Waals surface area contributed by atoms with E-state index in [9.17, 15) is 9.90 Å². The topological polar surface area (TPSA) is 78.6 Å². The summed E-state index contributed by atoms with van der Waals surface area (Å²) in [6, 6.07) is 9.59. The zero-order valence-corrected chi connectivity index (χ0v) is 11.7. The summed E-state index contributed by atoms with van der Waals surface area (Å²) in [5.74, 6) is 0.0198. The van der Waals surface area contributed by atoms with Crippen molar-refractivity contribution in [1.29, 1.82) is 0 Å². The Labute approximate surface area is 119 Å². The summed E-state index contributed by atoms with van der Waals surface area (Å²) < 4.78 is 0. The number of carbonyl (C=O) groups is 1. The number of hydrogen-bond donors (Lipinski definition) is 3. The minimum atomic E-state index is -0.624. The van der Waals surface area contributed by atoms with Crippen LogP contribution in [0.2, 0.25) is 0 Å². The maximum Gasteiger partial charge on any atom is 0.234 e. The van der Waals surface area contributed by atoms with Crippen LogP contribution in [0.5, 0.6) is 0 Å². The van der Waals surface area contributed by atoms with Gasteiger partial charge in [0.05, 0.1) is 12.6 Å². The zero-order valence-electron chi connectivity index (χ0n) is 11.7. The lowest BCUT2D eigenvalue weighted by atomic mass is 10.0. The van der Waals surface area contributed by atoms with E-state index < -0.39 is 6.10 Å². The highest BCUT2D eigenvalue weighted by molar-refractivity contribution is 5.78. The molecule has 1 fully saturated rings. The van der Waals surface area contributed by atoms with E-state index in [1.807, 2.05) is 35.2 Å². The molecule has 0 radical (unpaired) electrons. The number of hydrogen-bond acceptors (Lipinski definition) is 4. The van der Waals surface area contributed by atoms with Crippen molar-refractivity contribution in [2.24, 2.45) is 5.73 Å². The van der Waals surface area contributed by atoms with Crippen LogP contribution in [-0.2, 0) is 11.2 Å². The van der Waals surface area contributed by atoms with Crippen LogP contribution in [0.4, 0.5) is 0 Å². The Kier molecular flexibility index (Phi) is 5.52. The third-order valence-corrected chi connectivity index (χ3v) is 3.59. The molecule has 20 heavy (non-hydrogen) atoms. The molecule has 1 saturated heterocycles. The van der Waals surface area contributed by atoms with E-state index in [-0.39, 0.29) is 11.9 Å². The van der Waals surface area contributed by atoms with Crippen LogP contribution in [0, 0.1) is 0 Å². The van der Waals surface area contributed by atoms with Crippen molar-refractivity contribution < 1.29 is 9.90 Å². The molecule has 1 amide bonds. The van der Waals surface area contributed by atoms with E-state index in [1.54, 1.807) is 0 Å². The highest BCUT2D eigenvalue weighted by atomic mass is 16.3. The average molecular weight is 277 g/mol. The number of nitrogens with two attached hydrogens (primary N) is 1. The highest BCUT2D eigenvalue weighted by Gasteiger charge is 2.21. The summed E-state index contributed by atoms with van der Waals surface area (Å²) in [6.45, 7) is 2.31. The van der Waals surface area contributed by atoms with Crippen LogP contribution in [0.15, 0.2) is 30.3 Å². The molecule has 0 saturated carbocycles. The molecule has 1 aromatic carbocycles. The average Bonchev–Trinajstić information content (AvgIpc) is 2.64. The normalized spacial score (nSPS) is 20.0. The van der Waals surface area contributed by atoms with Gasteiger partial charge >= 0.3 is 0 Å². The van der Waals surface area contributed by atoms with Crippen LogP contribution in [0.25, 0.3) is 0 Å². The Morgan fingerprint density at radius 1 is 1.35 bits per heavy atom. The second-order valence-electron chi connectivity index (χ2n) is 5.36. The van der Waals surface area contributed by atoms with Gasteiger partial charge in [0.25, 0.3) is 0 Å². The molecular formula is C15H23N3O2. The van der Waals surface area contributed by atoms with Crippen LogP contribution in [0.1, 0.15) is 12.0 Å². The number of amides is 1. The van der Waals surface area contributed by atoms with Gasteiger partial charge in [-0.3, -0.25) is 9.69 Å². The number of nitrogens with one attached hydrogen (secondary N) is 1. The molecule has 0 aliphatic carbocycles. The fraction of sp³-hybridized carbons (Fsp3) is 0.533. The lowest BCUT2D eigenvalue weighted by Gasteiger charge is -2.26.